The highest BCUT2D eigenvalue weighted by atomic mass is 14.7. The van der Waals surface area contributed by atoms with E-state index in [2.05, 4.69) is 31.8 Å². The summed E-state index contributed by atoms with van der Waals surface area (Å²) in [6, 6.07) is 6.20. The van der Waals surface area contributed by atoms with Gasteiger partial charge in [-0.1, -0.05) is 32.9 Å². The van der Waals surface area contributed by atoms with Crippen molar-refractivity contribution in [2.24, 2.45) is 4.99 Å². The number of rotatable bonds is 4. The van der Waals surface area contributed by atoms with Crippen molar-refractivity contribution in [2.75, 3.05) is 12.3 Å². The summed E-state index contributed by atoms with van der Waals surface area (Å²) in [6.07, 6.45) is 2.93. The molecule has 1 aromatic carbocycles. The van der Waals surface area contributed by atoms with Gasteiger partial charge in [-0.2, -0.15) is 0 Å². The van der Waals surface area contributed by atoms with Crippen LogP contribution in [0, 0.1) is 0 Å². The number of benzene rings is 1. The Hall–Kier alpha value is -1.31. The number of nitrogen functional groups attached to an aromatic ring is 1. The summed E-state index contributed by atoms with van der Waals surface area (Å²) in [4.78, 5) is 4.29. The Bertz CT molecular complexity index is 340. The van der Waals surface area contributed by atoms with Crippen LogP contribution in [0.15, 0.2) is 23.2 Å². The van der Waals surface area contributed by atoms with Crippen LogP contribution in [0.3, 0.4) is 0 Å². The van der Waals surface area contributed by atoms with Gasteiger partial charge in [0.05, 0.1) is 0 Å². The molecule has 0 unspecified atom stereocenters. The lowest BCUT2D eigenvalue weighted by Gasteiger charge is -2.07. The normalized spacial score (nSPS) is 11.5. The zero-order valence-corrected chi connectivity index (χ0v) is 9.83. The zero-order chi connectivity index (χ0) is 11.3. The Kier molecular flexibility index (Phi) is 4.35. The van der Waals surface area contributed by atoms with Crippen LogP contribution >= 0.6 is 0 Å². The minimum atomic E-state index is 0.522. The molecule has 1 rings (SSSR count). The van der Waals surface area contributed by atoms with E-state index < -0.39 is 0 Å². The first-order valence-electron chi connectivity index (χ1n) is 5.54. The minimum Gasteiger partial charge on any atom is -0.398 e. The molecule has 15 heavy (non-hydrogen) atoms. The van der Waals surface area contributed by atoms with Gasteiger partial charge in [-0.3, -0.25) is 4.99 Å². The van der Waals surface area contributed by atoms with Crippen molar-refractivity contribution < 1.29 is 0 Å². The van der Waals surface area contributed by atoms with E-state index in [1.54, 1.807) is 0 Å². The molecule has 0 aliphatic heterocycles. The van der Waals surface area contributed by atoms with E-state index in [1.165, 1.54) is 5.56 Å². The Balaban J connectivity index is 2.83. The van der Waals surface area contributed by atoms with Gasteiger partial charge in [0.2, 0.25) is 0 Å². The van der Waals surface area contributed by atoms with Gasteiger partial charge in [0.25, 0.3) is 0 Å². The summed E-state index contributed by atoms with van der Waals surface area (Å²) in [7, 11) is 0. The van der Waals surface area contributed by atoms with Crippen LogP contribution in [0.2, 0.25) is 0 Å². The highest BCUT2D eigenvalue weighted by molar-refractivity contribution is 5.87. The van der Waals surface area contributed by atoms with Crippen molar-refractivity contribution in [3.63, 3.8) is 0 Å². The van der Waals surface area contributed by atoms with Crippen molar-refractivity contribution in [3.8, 4) is 0 Å². The number of hydrogen-bond donors (Lipinski definition) is 1. The average molecular weight is 204 g/mol. The second-order valence-electron chi connectivity index (χ2n) is 4.08. The SMILES string of the molecule is CCCN=Cc1ccc(C(C)C)cc1N. The Morgan fingerprint density at radius 3 is 2.67 bits per heavy atom. The highest BCUT2D eigenvalue weighted by Crippen LogP contribution is 2.19. The number of nitrogens with two attached hydrogens (primary N) is 1. The van der Waals surface area contributed by atoms with E-state index in [0.29, 0.717) is 5.92 Å². The van der Waals surface area contributed by atoms with Crippen LogP contribution < -0.4 is 5.73 Å². The summed E-state index contributed by atoms with van der Waals surface area (Å²) >= 11 is 0. The molecule has 0 aromatic heterocycles. The van der Waals surface area contributed by atoms with Gasteiger partial charge in [-0.15, -0.1) is 0 Å². The van der Waals surface area contributed by atoms with Crippen LogP contribution in [-0.4, -0.2) is 12.8 Å². The molecule has 0 bridgehead atoms. The van der Waals surface area contributed by atoms with E-state index in [9.17, 15) is 0 Å². The Labute approximate surface area is 92.2 Å². The molecule has 2 N–H and O–H groups in total. The first-order chi connectivity index (χ1) is 7.15. The number of aliphatic imine (C=N–C) groups is 1. The fourth-order valence-electron chi connectivity index (χ4n) is 1.36. The van der Waals surface area contributed by atoms with Gasteiger partial charge in [0.15, 0.2) is 0 Å². The standard InChI is InChI=1S/C13H20N2/c1-4-7-15-9-12-6-5-11(10(2)3)8-13(12)14/h5-6,8-10H,4,7,14H2,1-3H3. The van der Waals surface area contributed by atoms with Gasteiger partial charge < -0.3 is 5.73 Å². The predicted octanol–water partition coefficient (Wildman–Crippen LogP) is 3.22. The predicted molar refractivity (Wildman–Crippen MR) is 67.7 cm³/mol. The Morgan fingerprint density at radius 1 is 1.40 bits per heavy atom. The minimum absolute atomic E-state index is 0.522. The topological polar surface area (TPSA) is 38.4 Å². The average Bonchev–Trinajstić information content (AvgIpc) is 2.20. The fraction of sp³-hybridized carbons (Fsp3) is 0.462. The maximum absolute atomic E-state index is 5.95. The van der Waals surface area contributed by atoms with Crippen molar-refractivity contribution in [2.45, 2.75) is 33.1 Å². The van der Waals surface area contributed by atoms with Crippen LogP contribution in [0.5, 0.6) is 0 Å². The molecule has 0 aliphatic carbocycles. The molecule has 0 fully saturated rings. The highest BCUT2D eigenvalue weighted by Gasteiger charge is 2.01. The molecule has 0 spiro atoms. The smallest absolute Gasteiger partial charge is 0.0405 e. The monoisotopic (exact) mass is 204 g/mol. The van der Waals surface area contributed by atoms with Gasteiger partial charge >= 0.3 is 0 Å². The van der Waals surface area contributed by atoms with E-state index in [0.717, 1.165) is 24.2 Å². The van der Waals surface area contributed by atoms with Gasteiger partial charge in [-0.05, 0) is 24.0 Å². The molecule has 82 valence electrons. The molecule has 0 atom stereocenters. The van der Waals surface area contributed by atoms with Crippen LogP contribution in [0.4, 0.5) is 5.69 Å². The third-order valence-corrected chi connectivity index (χ3v) is 2.36. The molecule has 0 aliphatic rings. The van der Waals surface area contributed by atoms with Crippen molar-refractivity contribution >= 4 is 11.9 Å². The summed E-state index contributed by atoms with van der Waals surface area (Å²) in [6.45, 7) is 7.31. The molecular formula is C13H20N2. The van der Waals surface area contributed by atoms with Crippen LogP contribution in [0.25, 0.3) is 0 Å². The summed E-state index contributed by atoms with van der Waals surface area (Å²) in [5.41, 5.74) is 9.07. The molecule has 0 saturated heterocycles. The maximum atomic E-state index is 5.95. The van der Waals surface area contributed by atoms with E-state index in [4.69, 9.17) is 5.73 Å². The lowest BCUT2D eigenvalue weighted by atomic mass is 10.0. The third kappa shape index (κ3) is 3.39. The molecular weight excluding hydrogens is 184 g/mol. The van der Waals surface area contributed by atoms with Crippen molar-refractivity contribution in [1.82, 2.24) is 0 Å². The van der Waals surface area contributed by atoms with Gasteiger partial charge in [0.1, 0.15) is 0 Å². The van der Waals surface area contributed by atoms with Gasteiger partial charge in [0, 0.05) is 24.0 Å². The molecule has 0 heterocycles. The lowest BCUT2D eigenvalue weighted by Crippen LogP contribution is -1.97. The fourth-order valence-corrected chi connectivity index (χ4v) is 1.36. The van der Waals surface area contributed by atoms with Crippen LogP contribution in [-0.2, 0) is 0 Å². The third-order valence-electron chi connectivity index (χ3n) is 2.36. The van der Waals surface area contributed by atoms with Crippen molar-refractivity contribution in [3.05, 3.63) is 29.3 Å². The van der Waals surface area contributed by atoms with Gasteiger partial charge in [-0.25, -0.2) is 0 Å². The van der Waals surface area contributed by atoms with Crippen molar-refractivity contribution in [1.29, 1.82) is 0 Å². The largest absolute Gasteiger partial charge is 0.398 e. The second kappa shape index (κ2) is 5.54. The van der Waals surface area contributed by atoms with Crippen LogP contribution in [0.1, 0.15) is 44.2 Å². The summed E-state index contributed by atoms with van der Waals surface area (Å²) < 4.78 is 0. The van der Waals surface area contributed by atoms with E-state index in [1.807, 2.05) is 18.3 Å². The molecule has 2 heteroatoms. The second-order valence-corrected chi connectivity index (χ2v) is 4.08. The maximum Gasteiger partial charge on any atom is 0.0405 e. The number of nitrogens with zero attached hydrogens (tertiary/aromatic N) is 1. The number of anilines is 1. The summed E-state index contributed by atoms with van der Waals surface area (Å²) in [5, 5.41) is 0. The number of hydrogen-bond acceptors (Lipinski definition) is 2. The zero-order valence-electron chi connectivity index (χ0n) is 9.83. The molecule has 0 radical (unpaired) electrons. The summed E-state index contributed by atoms with van der Waals surface area (Å²) in [5.74, 6) is 0.522. The van der Waals surface area contributed by atoms with E-state index in [-0.39, 0.29) is 0 Å². The molecule has 1 aromatic rings. The quantitative estimate of drug-likeness (QED) is 0.593. The Morgan fingerprint density at radius 2 is 2.13 bits per heavy atom. The first-order valence-corrected chi connectivity index (χ1v) is 5.54. The first kappa shape index (κ1) is 11.8. The molecule has 0 saturated carbocycles. The lowest BCUT2D eigenvalue weighted by molar-refractivity contribution is 0.867. The van der Waals surface area contributed by atoms with E-state index >= 15 is 0 Å². The molecule has 2 nitrogen and oxygen atoms in total. The molecule has 0 amide bonds.